The average Bonchev–Trinajstić information content (AvgIpc) is 3.47. The Hall–Kier alpha value is -1.89. The molecule has 0 spiro atoms. The van der Waals surface area contributed by atoms with Gasteiger partial charge in [0.25, 0.3) is 0 Å². The van der Waals surface area contributed by atoms with Gasteiger partial charge in [0.2, 0.25) is 15.9 Å². The number of hydrogen-bond donors (Lipinski definition) is 1. The molecule has 1 heterocycles. The van der Waals surface area contributed by atoms with Gasteiger partial charge in [0.05, 0.1) is 6.26 Å². The molecular weight excluding hydrogens is 408 g/mol. The largest absolute Gasteiger partial charge is 0.341 e. The summed E-state index contributed by atoms with van der Waals surface area (Å²) in [5, 5.41) is 0.696. The fourth-order valence-electron chi connectivity index (χ4n) is 4.38. The third kappa shape index (κ3) is 4.65. The summed E-state index contributed by atoms with van der Waals surface area (Å²) in [7, 11) is -3.28. The molecule has 3 atom stereocenters. The smallest absolute Gasteiger partial charge is 0.226 e. The van der Waals surface area contributed by atoms with E-state index in [0.29, 0.717) is 18.1 Å². The van der Waals surface area contributed by atoms with Crippen molar-refractivity contribution in [2.75, 3.05) is 19.3 Å². The molecule has 5 nitrogen and oxygen atoms in total. The molecule has 154 valence electrons. The molecule has 1 aliphatic heterocycles. The van der Waals surface area contributed by atoms with Gasteiger partial charge in [-0.2, -0.15) is 0 Å². The summed E-state index contributed by atoms with van der Waals surface area (Å²) in [4.78, 5) is 14.9. The van der Waals surface area contributed by atoms with Gasteiger partial charge in [-0.15, -0.1) is 0 Å². The van der Waals surface area contributed by atoms with Crippen LogP contribution in [0.5, 0.6) is 0 Å². The minimum absolute atomic E-state index is 0.0886. The summed E-state index contributed by atoms with van der Waals surface area (Å²) in [5.41, 5.74) is 3.22. The van der Waals surface area contributed by atoms with E-state index < -0.39 is 10.0 Å². The number of hydrogen-bond acceptors (Lipinski definition) is 3. The van der Waals surface area contributed by atoms with Gasteiger partial charge in [0, 0.05) is 30.1 Å². The Morgan fingerprint density at radius 1 is 1.14 bits per heavy atom. The quantitative estimate of drug-likeness (QED) is 0.784. The van der Waals surface area contributed by atoms with Crippen molar-refractivity contribution < 1.29 is 13.2 Å². The molecule has 1 aliphatic carbocycles. The van der Waals surface area contributed by atoms with E-state index in [1.807, 2.05) is 35.2 Å². The van der Waals surface area contributed by atoms with Crippen molar-refractivity contribution in [2.24, 2.45) is 5.92 Å². The lowest BCUT2D eigenvalue weighted by Crippen LogP contribution is -2.49. The van der Waals surface area contributed by atoms with Gasteiger partial charge in [-0.3, -0.25) is 4.79 Å². The first-order chi connectivity index (χ1) is 13.8. The third-order valence-electron chi connectivity index (χ3n) is 5.73. The second-order valence-corrected chi connectivity index (χ2v) is 10.2. The van der Waals surface area contributed by atoms with Gasteiger partial charge in [-0.1, -0.05) is 54.1 Å². The van der Waals surface area contributed by atoms with E-state index in [2.05, 4.69) is 22.9 Å². The molecule has 4 rings (SSSR count). The van der Waals surface area contributed by atoms with Gasteiger partial charge in [0.1, 0.15) is 0 Å². The van der Waals surface area contributed by atoms with E-state index in [-0.39, 0.29) is 23.8 Å². The van der Waals surface area contributed by atoms with Crippen LogP contribution in [0.2, 0.25) is 5.02 Å². The molecule has 0 radical (unpaired) electrons. The summed E-state index contributed by atoms with van der Waals surface area (Å²) >= 11 is 6.56. The third-order valence-corrected chi connectivity index (χ3v) is 6.82. The summed E-state index contributed by atoms with van der Waals surface area (Å²) in [6, 6.07) is 15.8. The number of piperidine rings is 1. The van der Waals surface area contributed by atoms with Crippen LogP contribution in [-0.4, -0.2) is 44.6 Å². The van der Waals surface area contributed by atoms with Gasteiger partial charge in [-0.25, -0.2) is 13.1 Å². The maximum atomic E-state index is 13.1. The van der Waals surface area contributed by atoms with Crippen molar-refractivity contribution in [1.29, 1.82) is 0 Å². The molecule has 2 aliphatic rings. The minimum atomic E-state index is -3.28. The molecule has 1 N–H and O–H groups in total. The zero-order chi connectivity index (χ0) is 20.6. The van der Waals surface area contributed by atoms with Crippen LogP contribution in [0, 0.1) is 5.92 Å². The first-order valence-electron chi connectivity index (χ1n) is 9.93. The van der Waals surface area contributed by atoms with Crippen LogP contribution < -0.4 is 4.72 Å². The number of likely N-dealkylation sites (tertiary alicyclic amines) is 1. The topological polar surface area (TPSA) is 66.5 Å². The lowest BCUT2D eigenvalue weighted by molar-refractivity contribution is -0.133. The number of rotatable bonds is 5. The van der Waals surface area contributed by atoms with Crippen LogP contribution in [-0.2, 0) is 14.8 Å². The van der Waals surface area contributed by atoms with Crippen molar-refractivity contribution in [3.05, 3.63) is 59.1 Å². The van der Waals surface area contributed by atoms with E-state index in [9.17, 15) is 13.2 Å². The first kappa shape index (κ1) is 20.4. The zero-order valence-electron chi connectivity index (χ0n) is 16.3. The number of benzene rings is 2. The molecule has 1 saturated carbocycles. The van der Waals surface area contributed by atoms with E-state index in [4.69, 9.17) is 11.6 Å². The van der Waals surface area contributed by atoms with Crippen LogP contribution in [0.4, 0.5) is 0 Å². The normalized spacial score (nSPS) is 24.3. The molecule has 29 heavy (non-hydrogen) atoms. The maximum Gasteiger partial charge on any atom is 0.226 e. The monoisotopic (exact) mass is 432 g/mol. The summed E-state index contributed by atoms with van der Waals surface area (Å²) < 4.78 is 25.7. The molecule has 2 aromatic rings. The van der Waals surface area contributed by atoms with Gasteiger partial charge >= 0.3 is 0 Å². The van der Waals surface area contributed by atoms with E-state index >= 15 is 0 Å². The van der Waals surface area contributed by atoms with Crippen LogP contribution in [0.3, 0.4) is 0 Å². The van der Waals surface area contributed by atoms with Crippen LogP contribution in [0.15, 0.2) is 48.5 Å². The van der Waals surface area contributed by atoms with Crippen molar-refractivity contribution in [2.45, 2.75) is 31.2 Å². The SMILES string of the molecule is CS(=O)(=O)N[C@H]1CCCN(C(=O)[C@@H]2C[C@H]2c2c(Cl)cccc2-c2ccccc2)C1. The highest BCUT2D eigenvalue weighted by molar-refractivity contribution is 7.88. The van der Waals surface area contributed by atoms with Crippen LogP contribution >= 0.6 is 11.6 Å². The maximum absolute atomic E-state index is 13.1. The molecule has 1 saturated heterocycles. The molecule has 1 amide bonds. The van der Waals surface area contributed by atoms with E-state index in [1.54, 1.807) is 0 Å². The lowest BCUT2D eigenvalue weighted by atomic mass is 9.95. The second-order valence-electron chi connectivity index (χ2n) is 8.03. The molecular formula is C22H25ClN2O3S. The molecule has 0 aromatic heterocycles. The molecule has 0 bridgehead atoms. The van der Waals surface area contributed by atoms with Gasteiger partial charge in [0.15, 0.2) is 0 Å². The minimum Gasteiger partial charge on any atom is -0.341 e. The van der Waals surface area contributed by atoms with E-state index in [1.165, 1.54) is 0 Å². The van der Waals surface area contributed by atoms with Crippen LogP contribution in [0.1, 0.15) is 30.7 Å². The number of carbonyl (C=O) groups is 1. The number of amides is 1. The standard InChI is InChI=1S/C22H25ClN2O3S/c1-29(27,28)24-16-9-6-12-25(14-16)22(26)19-13-18(19)21-17(10-5-11-20(21)23)15-7-3-2-4-8-15/h2-5,7-8,10-11,16,18-19,24H,6,9,12-14H2,1H3/t16-,18+,19+/m0/s1. The number of sulfonamides is 1. The first-order valence-corrected chi connectivity index (χ1v) is 12.2. The van der Waals surface area contributed by atoms with Crippen molar-refractivity contribution in [3.63, 3.8) is 0 Å². The second kappa shape index (κ2) is 8.09. The van der Waals surface area contributed by atoms with Gasteiger partial charge < -0.3 is 4.90 Å². The van der Waals surface area contributed by atoms with Crippen molar-refractivity contribution in [3.8, 4) is 11.1 Å². The Kier molecular flexibility index (Phi) is 5.69. The Morgan fingerprint density at radius 2 is 1.90 bits per heavy atom. The van der Waals surface area contributed by atoms with Crippen LogP contribution in [0.25, 0.3) is 11.1 Å². The fourth-order valence-corrected chi connectivity index (χ4v) is 5.49. The number of halogens is 1. The fraction of sp³-hybridized carbons (Fsp3) is 0.409. The number of carbonyl (C=O) groups excluding carboxylic acids is 1. The van der Waals surface area contributed by atoms with Crippen molar-refractivity contribution >= 4 is 27.5 Å². The Morgan fingerprint density at radius 3 is 2.62 bits per heavy atom. The summed E-state index contributed by atoms with van der Waals surface area (Å²) in [5.74, 6) is 0.123. The Bertz CT molecular complexity index is 1010. The number of nitrogens with zero attached hydrogens (tertiary/aromatic N) is 1. The molecule has 2 fully saturated rings. The average molecular weight is 433 g/mol. The highest BCUT2D eigenvalue weighted by atomic mass is 35.5. The highest BCUT2D eigenvalue weighted by Crippen LogP contribution is 2.53. The van der Waals surface area contributed by atoms with Crippen molar-refractivity contribution in [1.82, 2.24) is 9.62 Å². The highest BCUT2D eigenvalue weighted by Gasteiger charge is 2.48. The Balaban J connectivity index is 1.51. The predicted molar refractivity (Wildman–Crippen MR) is 115 cm³/mol. The van der Waals surface area contributed by atoms with E-state index in [0.717, 1.165) is 42.2 Å². The predicted octanol–water partition coefficient (Wildman–Crippen LogP) is 3.65. The van der Waals surface area contributed by atoms with Gasteiger partial charge in [-0.05, 0) is 47.9 Å². The molecule has 7 heteroatoms. The summed E-state index contributed by atoms with van der Waals surface area (Å²) in [6.07, 6.45) is 3.50. The number of nitrogens with one attached hydrogen (secondary N) is 1. The molecule has 0 unspecified atom stereocenters. The zero-order valence-corrected chi connectivity index (χ0v) is 17.9. The Labute approximate surface area is 177 Å². The lowest BCUT2D eigenvalue weighted by Gasteiger charge is -2.33. The summed E-state index contributed by atoms with van der Waals surface area (Å²) in [6.45, 7) is 1.11. The molecule has 2 aromatic carbocycles.